The maximum atomic E-state index is 12.6. The third-order valence-electron chi connectivity index (χ3n) is 5.50. The number of hydrogen-bond acceptors (Lipinski definition) is 4. The highest BCUT2D eigenvalue weighted by atomic mass is 16.5. The monoisotopic (exact) mass is 332 g/mol. The number of aliphatic hydroxyl groups is 1. The topological polar surface area (TPSA) is 84.6 Å². The Hall–Kier alpha value is -1.59. The lowest BCUT2D eigenvalue weighted by molar-refractivity contribution is -0.124. The van der Waals surface area contributed by atoms with E-state index in [9.17, 15) is 9.90 Å². The highest BCUT2D eigenvalue weighted by Crippen LogP contribution is 2.38. The Labute approximate surface area is 143 Å². The molecular weight excluding hydrogens is 304 g/mol. The number of benzene rings is 1. The summed E-state index contributed by atoms with van der Waals surface area (Å²) in [6.07, 6.45) is 7.22. The van der Waals surface area contributed by atoms with Gasteiger partial charge in [0.25, 0.3) is 0 Å². The molecule has 2 fully saturated rings. The van der Waals surface area contributed by atoms with Crippen LogP contribution in [0.5, 0.6) is 5.75 Å². The Morgan fingerprint density at radius 3 is 2.46 bits per heavy atom. The molecule has 132 valence electrons. The summed E-state index contributed by atoms with van der Waals surface area (Å²) in [5, 5.41) is 13.0. The van der Waals surface area contributed by atoms with E-state index < -0.39 is 5.41 Å². The quantitative estimate of drug-likeness (QED) is 0.774. The van der Waals surface area contributed by atoms with Gasteiger partial charge in [0.2, 0.25) is 5.91 Å². The van der Waals surface area contributed by atoms with Crippen molar-refractivity contribution in [3.63, 3.8) is 0 Å². The maximum absolute atomic E-state index is 12.6. The molecule has 1 aromatic carbocycles. The summed E-state index contributed by atoms with van der Waals surface area (Å²) >= 11 is 0. The predicted octanol–water partition coefficient (Wildman–Crippen LogP) is 2.83. The summed E-state index contributed by atoms with van der Waals surface area (Å²) in [4.78, 5) is 12.6. The van der Waals surface area contributed by atoms with Crippen LogP contribution >= 0.6 is 0 Å². The zero-order valence-electron chi connectivity index (χ0n) is 14.2. The van der Waals surface area contributed by atoms with Gasteiger partial charge in [0.05, 0.1) is 11.5 Å². The first kappa shape index (κ1) is 17.2. The Morgan fingerprint density at radius 1 is 1.17 bits per heavy atom. The third kappa shape index (κ3) is 3.73. The van der Waals surface area contributed by atoms with Crippen molar-refractivity contribution in [3.8, 4) is 5.75 Å². The molecule has 1 amide bonds. The van der Waals surface area contributed by atoms with Crippen LogP contribution in [-0.2, 0) is 4.79 Å². The van der Waals surface area contributed by atoms with Gasteiger partial charge in [-0.05, 0) is 56.4 Å². The van der Waals surface area contributed by atoms with Crippen molar-refractivity contribution in [1.29, 1.82) is 0 Å². The standard InChI is InChI=1S/C19H28N2O3/c20-13-19(11-3-4-12-19)18(23)21-14-7-9-15(10-8-14)24-17-6-2-1-5-16(17)22/h7-10,16-17,22H,1-6,11-13,20H2,(H,21,23). The Bertz CT molecular complexity index is 552. The molecule has 4 N–H and O–H groups in total. The second kappa shape index (κ2) is 7.53. The predicted molar refractivity (Wildman–Crippen MR) is 93.9 cm³/mol. The zero-order chi connectivity index (χ0) is 17.0. The van der Waals surface area contributed by atoms with E-state index in [1.54, 1.807) is 0 Å². The van der Waals surface area contributed by atoms with E-state index in [1.165, 1.54) is 0 Å². The van der Waals surface area contributed by atoms with Crippen LogP contribution in [0.15, 0.2) is 24.3 Å². The molecule has 0 aromatic heterocycles. The number of nitrogens with one attached hydrogen (secondary N) is 1. The summed E-state index contributed by atoms with van der Waals surface area (Å²) in [5.74, 6) is 0.757. The Balaban J connectivity index is 1.59. The van der Waals surface area contributed by atoms with Crippen LogP contribution in [0.25, 0.3) is 0 Å². The molecule has 5 heteroatoms. The highest BCUT2D eigenvalue weighted by molar-refractivity contribution is 5.95. The first-order chi connectivity index (χ1) is 11.6. The second-order valence-corrected chi connectivity index (χ2v) is 7.18. The first-order valence-electron chi connectivity index (χ1n) is 9.09. The van der Waals surface area contributed by atoms with Crippen LogP contribution in [0.3, 0.4) is 0 Å². The summed E-state index contributed by atoms with van der Waals surface area (Å²) < 4.78 is 5.89. The number of carbonyl (C=O) groups is 1. The minimum absolute atomic E-state index is 0.0267. The summed E-state index contributed by atoms with van der Waals surface area (Å²) in [6, 6.07) is 7.39. The van der Waals surface area contributed by atoms with Gasteiger partial charge in [0, 0.05) is 12.2 Å². The molecule has 0 heterocycles. The number of carbonyl (C=O) groups excluding carboxylic acids is 1. The molecule has 0 aliphatic heterocycles. The van der Waals surface area contributed by atoms with Crippen LogP contribution in [0, 0.1) is 5.41 Å². The lowest BCUT2D eigenvalue weighted by Crippen LogP contribution is -2.40. The third-order valence-corrected chi connectivity index (χ3v) is 5.50. The molecule has 2 unspecified atom stereocenters. The van der Waals surface area contributed by atoms with Crippen molar-refractivity contribution in [2.45, 2.75) is 63.6 Å². The largest absolute Gasteiger partial charge is 0.488 e. The Kier molecular flexibility index (Phi) is 5.41. The average Bonchev–Trinajstić information content (AvgIpc) is 3.09. The van der Waals surface area contributed by atoms with Gasteiger partial charge in [-0.15, -0.1) is 0 Å². The molecule has 3 rings (SSSR count). The van der Waals surface area contributed by atoms with Crippen molar-refractivity contribution < 1.29 is 14.6 Å². The van der Waals surface area contributed by atoms with Crippen LogP contribution in [0.2, 0.25) is 0 Å². The summed E-state index contributed by atoms with van der Waals surface area (Å²) in [6.45, 7) is 0.402. The van der Waals surface area contributed by atoms with E-state index in [0.29, 0.717) is 6.54 Å². The molecule has 2 aliphatic rings. The lowest BCUT2D eigenvalue weighted by Gasteiger charge is -2.28. The van der Waals surface area contributed by atoms with Gasteiger partial charge in [-0.25, -0.2) is 0 Å². The molecule has 24 heavy (non-hydrogen) atoms. The van der Waals surface area contributed by atoms with Gasteiger partial charge in [0.15, 0.2) is 0 Å². The lowest BCUT2D eigenvalue weighted by atomic mass is 9.85. The minimum atomic E-state index is -0.401. The van der Waals surface area contributed by atoms with Crippen molar-refractivity contribution in [1.82, 2.24) is 0 Å². The fourth-order valence-electron chi connectivity index (χ4n) is 3.85. The molecule has 5 nitrogen and oxygen atoms in total. The van der Waals surface area contributed by atoms with Crippen molar-refractivity contribution in [3.05, 3.63) is 24.3 Å². The van der Waals surface area contributed by atoms with E-state index in [-0.39, 0.29) is 18.1 Å². The number of rotatable bonds is 5. The van der Waals surface area contributed by atoms with E-state index in [4.69, 9.17) is 10.5 Å². The van der Waals surface area contributed by atoms with E-state index in [1.807, 2.05) is 24.3 Å². The van der Waals surface area contributed by atoms with E-state index in [2.05, 4.69) is 5.32 Å². The first-order valence-corrected chi connectivity index (χ1v) is 9.09. The number of amides is 1. The molecule has 2 aliphatic carbocycles. The van der Waals surface area contributed by atoms with Gasteiger partial charge in [-0.2, -0.15) is 0 Å². The van der Waals surface area contributed by atoms with Crippen LogP contribution in [-0.4, -0.2) is 29.8 Å². The Morgan fingerprint density at radius 2 is 1.83 bits per heavy atom. The smallest absolute Gasteiger partial charge is 0.231 e. The maximum Gasteiger partial charge on any atom is 0.231 e. The van der Waals surface area contributed by atoms with Gasteiger partial charge < -0.3 is 20.9 Å². The number of ether oxygens (including phenoxy) is 1. The fourth-order valence-corrected chi connectivity index (χ4v) is 3.85. The molecule has 2 atom stereocenters. The molecule has 0 spiro atoms. The number of hydrogen-bond donors (Lipinski definition) is 3. The fraction of sp³-hybridized carbons (Fsp3) is 0.632. The number of nitrogens with two attached hydrogens (primary N) is 1. The molecule has 1 aromatic rings. The molecular formula is C19H28N2O3. The molecule has 2 saturated carbocycles. The van der Waals surface area contributed by atoms with Crippen LogP contribution in [0.1, 0.15) is 51.4 Å². The van der Waals surface area contributed by atoms with Gasteiger partial charge in [0.1, 0.15) is 11.9 Å². The SMILES string of the molecule is NCC1(C(=O)Nc2ccc(OC3CCCCC3O)cc2)CCCC1. The normalized spacial score (nSPS) is 26.1. The van der Waals surface area contributed by atoms with Gasteiger partial charge in [-0.3, -0.25) is 4.79 Å². The van der Waals surface area contributed by atoms with E-state index >= 15 is 0 Å². The van der Waals surface area contributed by atoms with Gasteiger partial charge >= 0.3 is 0 Å². The van der Waals surface area contributed by atoms with Crippen LogP contribution in [0.4, 0.5) is 5.69 Å². The van der Waals surface area contributed by atoms with Crippen molar-refractivity contribution in [2.24, 2.45) is 11.1 Å². The van der Waals surface area contributed by atoms with E-state index in [0.717, 1.165) is 62.8 Å². The van der Waals surface area contributed by atoms with Crippen LogP contribution < -0.4 is 15.8 Å². The average molecular weight is 332 g/mol. The summed E-state index contributed by atoms with van der Waals surface area (Å²) in [5.41, 5.74) is 6.22. The number of aliphatic hydroxyl groups excluding tert-OH is 1. The summed E-state index contributed by atoms with van der Waals surface area (Å²) in [7, 11) is 0. The highest BCUT2D eigenvalue weighted by Gasteiger charge is 2.39. The second-order valence-electron chi connectivity index (χ2n) is 7.18. The van der Waals surface area contributed by atoms with Gasteiger partial charge in [-0.1, -0.05) is 19.3 Å². The van der Waals surface area contributed by atoms with Crippen molar-refractivity contribution >= 4 is 11.6 Å². The molecule has 0 radical (unpaired) electrons. The molecule has 0 bridgehead atoms. The van der Waals surface area contributed by atoms with Crippen molar-refractivity contribution in [2.75, 3.05) is 11.9 Å². The zero-order valence-corrected chi connectivity index (χ0v) is 14.2. The molecule has 0 saturated heterocycles. The minimum Gasteiger partial charge on any atom is -0.488 e. The number of anilines is 1.